The summed E-state index contributed by atoms with van der Waals surface area (Å²) in [5.74, 6) is -0.548. The van der Waals surface area contributed by atoms with Crippen molar-refractivity contribution in [1.82, 2.24) is 0 Å². The lowest BCUT2D eigenvalue weighted by atomic mass is 10.00. The van der Waals surface area contributed by atoms with E-state index >= 15 is 0 Å². The molecule has 0 aliphatic carbocycles. The Morgan fingerprint density at radius 3 is 2.81 bits per heavy atom. The van der Waals surface area contributed by atoms with Gasteiger partial charge < -0.3 is 15.0 Å². The number of carbonyl (C=O) groups excluding carboxylic acids is 2. The van der Waals surface area contributed by atoms with Crippen molar-refractivity contribution in [2.75, 3.05) is 16.8 Å². The first-order valence-electron chi connectivity index (χ1n) is 8.74. The molecular weight excluding hydrogens is 354 g/mol. The Morgan fingerprint density at radius 2 is 2.00 bits per heavy atom. The van der Waals surface area contributed by atoms with Crippen molar-refractivity contribution in [3.63, 3.8) is 0 Å². The standard InChI is InChI=1S/C20H18F2N2O3/c21-18(22)9-24-17-6-5-14(8-12(17)4-7-19(24)25)23-20(26)15-3-1-2-13-10-27-11-16(13)15/h1-3,5-6,8,18H,4,7,9-11H2,(H,23,26). The molecule has 0 atom stereocenters. The molecule has 2 aromatic carbocycles. The Morgan fingerprint density at radius 1 is 1.15 bits per heavy atom. The number of nitrogens with zero attached hydrogens (tertiary/aromatic N) is 1. The van der Waals surface area contributed by atoms with Crippen LogP contribution in [0.1, 0.15) is 33.5 Å². The summed E-state index contributed by atoms with van der Waals surface area (Å²) in [4.78, 5) is 25.8. The maximum absolute atomic E-state index is 12.8. The van der Waals surface area contributed by atoms with Crippen molar-refractivity contribution in [1.29, 1.82) is 0 Å². The molecule has 0 radical (unpaired) electrons. The van der Waals surface area contributed by atoms with Crippen LogP contribution in [0.25, 0.3) is 0 Å². The quantitative estimate of drug-likeness (QED) is 0.894. The monoisotopic (exact) mass is 372 g/mol. The van der Waals surface area contributed by atoms with Gasteiger partial charge in [0.1, 0.15) is 0 Å². The summed E-state index contributed by atoms with van der Waals surface area (Å²) in [5.41, 5.74) is 4.29. The van der Waals surface area contributed by atoms with Gasteiger partial charge in [0.05, 0.1) is 19.8 Å². The van der Waals surface area contributed by atoms with E-state index in [0.717, 1.165) is 21.6 Å². The third kappa shape index (κ3) is 3.42. The molecule has 0 saturated carbocycles. The number of carbonyl (C=O) groups is 2. The Balaban J connectivity index is 1.57. The predicted molar refractivity (Wildman–Crippen MR) is 96.0 cm³/mol. The highest BCUT2D eigenvalue weighted by molar-refractivity contribution is 6.06. The van der Waals surface area contributed by atoms with Crippen LogP contribution in [0.2, 0.25) is 0 Å². The van der Waals surface area contributed by atoms with Crippen LogP contribution in [-0.2, 0) is 29.2 Å². The number of hydrogen-bond donors (Lipinski definition) is 1. The Hall–Kier alpha value is -2.80. The van der Waals surface area contributed by atoms with Gasteiger partial charge in [-0.3, -0.25) is 9.59 Å². The second kappa shape index (κ2) is 7.08. The van der Waals surface area contributed by atoms with E-state index in [1.54, 1.807) is 24.3 Å². The molecule has 140 valence electrons. The molecule has 5 nitrogen and oxygen atoms in total. The summed E-state index contributed by atoms with van der Waals surface area (Å²) in [6.45, 7) is 0.296. The Kier molecular flexibility index (Phi) is 4.61. The predicted octanol–water partition coefficient (Wildman–Crippen LogP) is 3.51. The molecule has 0 aromatic heterocycles. The number of aryl methyl sites for hydroxylation is 1. The van der Waals surface area contributed by atoms with Gasteiger partial charge in [-0.1, -0.05) is 12.1 Å². The molecule has 0 saturated heterocycles. The minimum Gasteiger partial charge on any atom is -0.372 e. The topological polar surface area (TPSA) is 58.6 Å². The first-order valence-corrected chi connectivity index (χ1v) is 8.74. The van der Waals surface area contributed by atoms with E-state index in [4.69, 9.17) is 4.74 Å². The van der Waals surface area contributed by atoms with Crippen molar-refractivity contribution in [2.24, 2.45) is 0 Å². The number of ether oxygens (including phenoxy) is 1. The van der Waals surface area contributed by atoms with Crippen molar-refractivity contribution >= 4 is 23.2 Å². The maximum atomic E-state index is 12.8. The van der Waals surface area contributed by atoms with Gasteiger partial charge >= 0.3 is 0 Å². The summed E-state index contributed by atoms with van der Waals surface area (Å²) in [7, 11) is 0. The summed E-state index contributed by atoms with van der Waals surface area (Å²) >= 11 is 0. The Bertz CT molecular complexity index is 914. The fourth-order valence-corrected chi connectivity index (χ4v) is 3.59. The normalized spacial score (nSPS) is 15.7. The van der Waals surface area contributed by atoms with E-state index in [1.165, 1.54) is 0 Å². The first-order chi connectivity index (χ1) is 13.0. The van der Waals surface area contributed by atoms with E-state index < -0.39 is 13.0 Å². The van der Waals surface area contributed by atoms with Crippen LogP contribution in [-0.4, -0.2) is 24.8 Å². The zero-order chi connectivity index (χ0) is 19.0. The molecule has 2 heterocycles. The van der Waals surface area contributed by atoms with Gasteiger partial charge in [-0.25, -0.2) is 8.78 Å². The first kappa shape index (κ1) is 17.6. The maximum Gasteiger partial charge on any atom is 0.256 e. The molecule has 4 rings (SSSR count). The number of alkyl halides is 2. The molecule has 0 bridgehead atoms. The highest BCUT2D eigenvalue weighted by Crippen LogP contribution is 2.31. The third-order valence-corrected chi connectivity index (χ3v) is 4.88. The van der Waals surface area contributed by atoms with E-state index in [0.29, 0.717) is 36.6 Å². The highest BCUT2D eigenvalue weighted by Gasteiger charge is 2.27. The van der Waals surface area contributed by atoms with Crippen molar-refractivity contribution in [2.45, 2.75) is 32.5 Å². The molecule has 7 heteroatoms. The summed E-state index contributed by atoms with van der Waals surface area (Å²) in [5, 5.41) is 2.86. The lowest BCUT2D eigenvalue weighted by Gasteiger charge is -2.29. The molecule has 2 aromatic rings. The molecule has 0 unspecified atom stereocenters. The minimum absolute atomic E-state index is 0.181. The molecule has 27 heavy (non-hydrogen) atoms. The lowest BCUT2D eigenvalue weighted by Crippen LogP contribution is -2.38. The molecular formula is C20H18F2N2O3. The van der Waals surface area contributed by atoms with Crippen molar-refractivity contribution < 1.29 is 23.1 Å². The fourth-order valence-electron chi connectivity index (χ4n) is 3.59. The van der Waals surface area contributed by atoms with Crippen LogP contribution in [0.15, 0.2) is 36.4 Å². The van der Waals surface area contributed by atoms with Crippen LogP contribution >= 0.6 is 0 Å². The van der Waals surface area contributed by atoms with Crippen LogP contribution in [0.3, 0.4) is 0 Å². The number of amides is 2. The average molecular weight is 372 g/mol. The van der Waals surface area contributed by atoms with Crippen LogP contribution in [0.5, 0.6) is 0 Å². The number of benzene rings is 2. The van der Waals surface area contributed by atoms with E-state index in [9.17, 15) is 18.4 Å². The van der Waals surface area contributed by atoms with Gasteiger partial charge in [-0.2, -0.15) is 0 Å². The average Bonchev–Trinajstić information content (AvgIpc) is 3.12. The smallest absolute Gasteiger partial charge is 0.256 e. The number of halogens is 2. The summed E-state index contributed by atoms with van der Waals surface area (Å²) in [6, 6.07) is 10.5. The van der Waals surface area contributed by atoms with Crippen LogP contribution in [0, 0.1) is 0 Å². The van der Waals surface area contributed by atoms with E-state index in [-0.39, 0.29) is 18.2 Å². The lowest BCUT2D eigenvalue weighted by molar-refractivity contribution is -0.119. The molecule has 0 spiro atoms. The third-order valence-electron chi connectivity index (χ3n) is 4.88. The second-order valence-corrected chi connectivity index (χ2v) is 6.63. The minimum atomic E-state index is -2.60. The Labute approximate surface area is 154 Å². The number of fused-ring (bicyclic) bond motifs is 2. The van der Waals surface area contributed by atoms with Gasteiger partial charge in [-0.15, -0.1) is 0 Å². The molecule has 1 N–H and O–H groups in total. The van der Waals surface area contributed by atoms with Crippen molar-refractivity contribution in [3.05, 3.63) is 58.7 Å². The molecule has 2 amide bonds. The zero-order valence-electron chi connectivity index (χ0n) is 14.5. The van der Waals surface area contributed by atoms with E-state index in [1.807, 2.05) is 12.1 Å². The van der Waals surface area contributed by atoms with Crippen LogP contribution in [0.4, 0.5) is 20.2 Å². The van der Waals surface area contributed by atoms with Gasteiger partial charge in [-0.05, 0) is 47.4 Å². The fraction of sp³-hybridized carbons (Fsp3) is 0.300. The van der Waals surface area contributed by atoms with Gasteiger partial charge in [0.25, 0.3) is 12.3 Å². The van der Waals surface area contributed by atoms with Gasteiger partial charge in [0.15, 0.2) is 0 Å². The van der Waals surface area contributed by atoms with Gasteiger partial charge in [0.2, 0.25) is 5.91 Å². The largest absolute Gasteiger partial charge is 0.372 e. The molecule has 2 aliphatic rings. The number of anilines is 2. The van der Waals surface area contributed by atoms with Gasteiger partial charge in [0, 0.05) is 23.4 Å². The van der Waals surface area contributed by atoms with Crippen LogP contribution < -0.4 is 10.2 Å². The number of rotatable bonds is 4. The highest BCUT2D eigenvalue weighted by atomic mass is 19.3. The molecule has 0 fully saturated rings. The molecule has 2 aliphatic heterocycles. The zero-order valence-corrected chi connectivity index (χ0v) is 14.5. The SMILES string of the molecule is O=C(Nc1ccc2c(c1)CCC(=O)N2CC(F)F)c1cccc2c1COC2. The van der Waals surface area contributed by atoms with Crippen molar-refractivity contribution in [3.8, 4) is 0 Å². The van der Waals surface area contributed by atoms with E-state index in [2.05, 4.69) is 5.32 Å². The summed E-state index contributed by atoms with van der Waals surface area (Å²) in [6.07, 6.45) is -1.95. The summed E-state index contributed by atoms with van der Waals surface area (Å²) < 4.78 is 31.0. The second-order valence-electron chi connectivity index (χ2n) is 6.63. The number of nitrogens with one attached hydrogen (secondary N) is 1. The number of hydrogen-bond acceptors (Lipinski definition) is 3.